The van der Waals surface area contributed by atoms with Crippen molar-refractivity contribution in [1.82, 2.24) is 14.8 Å². The van der Waals surface area contributed by atoms with Crippen LogP contribution in [0, 0.1) is 17.5 Å². The van der Waals surface area contributed by atoms with Crippen LogP contribution in [-0.4, -0.2) is 20.7 Å². The Hall–Kier alpha value is -4.20. The van der Waals surface area contributed by atoms with Gasteiger partial charge in [-0.25, -0.2) is 13.2 Å². The highest BCUT2D eigenvalue weighted by Gasteiger charge is 2.18. The SMILES string of the molecule is O=C(Cn1nc(-c2ccccc2)c2cnc3ccc(F)cc3c21)Nc1ccc(F)c(F)c1. The first-order chi connectivity index (χ1) is 15.5. The Morgan fingerprint density at radius 3 is 2.50 bits per heavy atom. The van der Waals surface area contributed by atoms with Gasteiger partial charge >= 0.3 is 0 Å². The van der Waals surface area contributed by atoms with Crippen LogP contribution in [0.5, 0.6) is 0 Å². The van der Waals surface area contributed by atoms with Crippen LogP contribution in [0.15, 0.2) is 72.9 Å². The van der Waals surface area contributed by atoms with Gasteiger partial charge in [0.15, 0.2) is 11.6 Å². The zero-order chi connectivity index (χ0) is 22.2. The van der Waals surface area contributed by atoms with Crippen LogP contribution in [0.3, 0.4) is 0 Å². The van der Waals surface area contributed by atoms with E-state index in [9.17, 15) is 18.0 Å². The standard InChI is InChI=1S/C24H15F3N4O/c25-15-6-9-21-17(10-15)24-18(12-28-21)23(14-4-2-1-3-5-14)30-31(24)13-22(32)29-16-7-8-19(26)20(27)11-16/h1-12H,13H2,(H,29,32). The first kappa shape index (κ1) is 19.7. The van der Waals surface area contributed by atoms with Gasteiger partial charge in [0.1, 0.15) is 18.1 Å². The largest absolute Gasteiger partial charge is 0.324 e. The van der Waals surface area contributed by atoms with Crippen molar-refractivity contribution in [3.8, 4) is 11.3 Å². The van der Waals surface area contributed by atoms with E-state index in [1.165, 1.54) is 22.9 Å². The summed E-state index contributed by atoms with van der Waals surface area (Å²) in [5, 5.41) is 8.32. The van der Waals surface area contributed by atoms with Gasteiger partial charge in [0.25, 0.3) is 0 Å². The minimum absolute atomic E-state index is 0.117. The molecule has 5 aromatic rings. The number of aromatic nitrogens is 3. The molecule has 0 saturated carbocycles. The van der Waals surface area contributed by atoms with E-state index in [1.54, 1.807) is 12.3 Å². The van der Waals surface area contributed by atoms with Crippen LogP contribution >= 0.6 is 0 Å². The molecule has 2 heterocycles. The third kappa shape index (κ3) is 3.56. The molecule has 8 heteroatoms. The van der Waals surface area contributed by atoms with Gasteiger partial charge in [-0.1, -0.05) is 30.3 Å². The van der Waals surface area contributed by atoms with E-state index in [-0.39, 0.29) is 12.2 Å². The molecule has 158 valence electrons. The van der Waals surface area contributed by atoms with Crippen molar-refractivity contribution in [2.24, 2.45) is 0 Å². The van der Waals surface area contributed by atoms with Crippen LogP contribution in [0.2, 0.25) is 0 Å². The lowest BCUT2D eigenvalue weighted by Crippen LogP contribution is -2.19. The molecule has 0 spiro atoms. The summed E-state index contributed by atoms with van der Waals surface area (Å²) in [5.41, 5.74) is 2.63. The van der Waals surface area contributed by atoms with Gasteiger partial charge in [-0.15, -0.1) is 0 Å². The second-order valence-electron chi connectivity index (χ2n) is 7.23. The molecule has 0 atom stereocenters. The van der Waals surface area contributed by atoms with E-state index >= 15 is 0 Å². The highest BCUT2D eigenvalue weighted by atomic mass is 19.2. The van der Waals surface area contributed by atoms with Crippen molar-refractivity contribution in [2.45, 2.75) is 6.54 Å². The number of nitrogens with one attached hydrogen (secondary N) is 1. The molecule has 0 radical (unpaired) electrons. The predicted molar refractivity (Wildman–Crippen MR) is 115 cm³/mol. The van der Waals surface area contributed by atoms with Crippen molar-refractivity contribution in [3.63, 3.8) is 0 Å². The lowest BCUT2D eigenvalue weighted by atomic mass is 10.1. The summed E-state index contributed by atoms with van der Waals surface area (Å²) < 4.78 is 42.2. The molecular formula is C24H15F3N4O. The molecule has 2 aromatic heterocycles. The molecule has 0 aliphatic carbocycles. The van der Waals surface area contributed by atoms with Crippen LogP contribution in [0.4, 0.5) is 18.9 Å². The average Bonchev–Trinajstić information content (AvgIpc) is 3.15. The normalized spacial score (nSPS) is 11.2. The third-order valence-corrected chi connectivity index (χ3v) is 5.08. The number of anilines is 1. The number of pyridine rings is 1. The fraction of sp³-hybridized carbons (Fsp3) is 0.0417. The van der Waals surface area contributed by atoms with Crippen LogP contribution in [0.1, 0.15) is 0 Å². The van der Waals surface area contributed by atoms with E-state index in [1.807, 2.05) is 30.3 Å². The summed E-state index contributed by atoms with van der Waals surface area (Å²) in [5.74, 6) is -3.01. The Kier molecular flexibility index (Phi) is 4.82. The van der Waals surface area contributed by atoms with Gasteiger partial charge in [-0.2, -0.15) is 5.10 Å². The number of rotatable bonds is 4. The lowest BCUT2D eigenvalue weighted by molar-refractivity contribution is -0.116. The zero-order valence-corrected chi connectivity index (χ0v) is 16.5. The quantitative estimate of drug-likeness (QED) is 0.419. The van der Waals surface area contributed by atoms with E-state index in [2.05, 4.69) is 15.4 Å². The van der Waals surface area contributed by atoms with Crippen molar-refractivity contribution in [3.05, 3.63) is 90.4 Å². The number of halogens is 3. The van der Waals surface area contributed by atoms with E-state index in [0.29, 0.717) is 27.5 Å². The Balaban J connectivity index is 1.61. The maximum atomic E-state index is 14.0. The maximum Gasteiger partial charge on any atom is 0.246 e. The fourth-order valence-corrected chi connectivity index (χ4v) is 3.66. The molecule has 3 aromatic carbocycles. The number of benzene rings is 3. The van der Waals surface area contributed by atoms with Gasteiger partial charge in [0.2, 0.25) is 5.91 Å². The number of hydrogen-bond acceptors (Lipinski definition) is 3. The highest BCUT2D eigenvalue weighted by molar-refractivity contribution is 6.08. The first-order valence-corrected chi connectivity index (χ1v) is 9.75. The molecular weight excluding hydrogens is 417 g/mol. The van der Waals surface area contributed by atoms with Gasteiger partial charge in [0.05, 0.1) is 11.0 Å². The fourth-order valence-electron chi connectivity index (χ4n) is 3.66. The molecule has 5 rings (SSSR count). The Morgan fingerprint density at radius 2 is 1.72 bits per heavy atom. The Morgan fingerprint density at radius 1 is 0.906 bits per heavy atom. The zero-order valence-electron chi connectivity index (χ0n) is 16.5. The van der Waals surface area contributed by atoms with E-state index in [0.717, 1.165) is 17.7 Å². The van der Waals surface area contributed by atoms with E-state index < -0.39 is 23.4 Å². The lowest BCUT2D eigenvalue weighted by Gasteiger charge is -2.08. The summed E-state index contributed by atoms with van der Waals surface area (Å²) in [6, 6.07) is 16.7. The summed E-state index contributed by atoms with van der Waals surface area (Å²) in [6.45, 7) is -0.224. The van der Waals surface area contributed by atoms with Crippen molar-refractivity contribution in [1.29, 1.82) is 0 Å². The van der Waals surface area contributed by atoms with Gasteiger partial charge < -0.3 is 5.32 Å². The second-order valence-corrected chi connectivity index (χ2v) is 7.23. The Labute approximate surface area is 180 Å². The number of fused-ring (bicyclic) bond motifs is 3. The highest BCUT2D eigenvalue weighted by Crippen LogP contribution is 2.32. The molecule has 32 heavy (non-hydrogen) atoms. The van der Waals surface area contributed by atoms with Crippen molar-refractivity contribution < 1.29 is 18.0 Å². The molecule has 0 bridgehead atoms. The summed E-state index contributed by atoms with van der Waals surface area (Å²) in [7, 11) is 0. The van der Waals surface area contributed by atoms with Crippen LogP contribution in [-0.2, 0) is 11.3 Å². The molecule has 0 aliphatic heterocycles. The number of amides is 1. The van der Waals surface area contributed by atoms with Crippen LogP contribution < -0.4 is 5.32 Å². The summed E-state index contributed by atoms with van der Waals surface area (Å²) in [4.78, 5) is 17.1. The second kappa shape index (κ2) is 7.81. The monoisotopic (exact) mass is 432 g/mol. The predicted octanol–water partition coefficient (Wildman–Crippen LogP) is 5.31. The Bertz CT molecular complexity index is 1480. The molecule has 0 fully saturated rings. The molecule has 1 amide bonds. The molecule has 0 unspecified atom stereocenters. The molecule has 0 saturated heterocycles. The number of nitrogens with zero attached hydrogens (tertiary/aromatic N) is 3. The van der Waals surface area contributed by atoms with Gasteiger partial charge in [-0.05, 0) is 30.3 Å². The van der Waals surface area contributed by atoms with Crippen LogP contribution in [0.25, 0.3) is 33.1 Å². The topological polar surface area (TPSA) is 59.8 Å². The molecule has 0 aliphatic rings. The third-order valence-electron chi connectivity index (χ3n) is 5.08. The van der Waals surface area contributed by atoms with Gasteiger partial charge in [0, 0.05) is 34.3 Å². The van der Waals surface area contributed by atoms with Gasteiger partial charge in [-0.3, -0.25) is 14.5 Å². The van der Waals surface area contributed by atoms with Crippen molar-refractivity contribution >= 4 is 33.4 Å². The average molecular weight is 432 g/mol. The minimum atomic E-state index is -1.06. The summed E-state index contributed by atoms with van der Waals surface area (Å²) >= 11 is 0. The smallest absolute Gasteiger partial charge is 0.246 e. The molecule has 5 nitrogen and oxygen atoms in total. The summed E-state index contributed by atoms with van der Waals surface area (Å²) in [6.07, 6.45) is 1.65. The first-order valence-electron chi connectivity index (χ1n) is 9.75. The molecule has 1 N–H and O–H groups in total. The number of carbonyl (C=O) groups is 1. The van der Waals surface area contributed by atoms with E-state index in [4.69, 9.17) is 0 Å². The minimum Gasteiger partial charge on any atom is -0.324 e. The number of hydrogen-bond donors (Lipinski definition) is 1. The maximum absolute atomic E-state index is 14.0. The van der Waals surface area contributed by atoms with Crippen molar-refractivity contribution in [2.75, 3.05) is 5.32 Å². The number of carbonyl (C=O) groups excluding carboxylic acids is 1.